The number of rotatable bonds is 5. The molecule has 0 bridgehead atoms. The minimum atomic E-state index is -0.502. The Morgan fingerprint density at radius 3 is 2.52 bits per heavy atom. The number of amides is 2. The number of likely N-dealkylation sites (N-methyl/N-ethyl adjacent to an activating group) is 1. The zero-order chi connectivity index (χ0) is 15.2. The lowest BCUT2D eigenvalue weighted by Gasteiger charge is -2.35. The Hall–Kier alpha value is -0.810. The molecule has 0 saturated heterocycles. The average Bonchev–Trinajstić information content (AvgIpc) is 2.93. The zero-order valence-corrected chi connectivity index (χ0v) is 13.4. The van der Waals surface area contributed by atoms with Gasteiger partial charge in [-0.2, -0.15) is 0 Å². The summed E-state index contributed by atoms with van der Waals surface area (Å²) in [5, 5.41) is 12.5. The molecule has 0 aliphatic heterocycles. The summed E-state index contributed by atoms with van der Waals surface area (Å²) in [6, 6.07) is 0.00567. The molecular weight excluding hydrogens is 268 g/mol. The molecule has 2 aliphatic rings. The van der Waals surface area contributed by atoms with Crippen molar-refractivity contribution in [1.29, 1.82) is 0 Å². The molecule has 21 heavy (non-hydrogen) atoms. The van der Waals surface area contributed by atoms with Crippen LogP contribution in [0.25, 0.3) is 0 Å². The van der Waals surface area contributed by atoms with E-state index >= 15 is 0 Å². The highest BCUT2D eigenvalue weighted by atomic mass is 16.5. The van der Waals surface area contributed by atoms with Crippen LogP contribution >= 0.6 is 0 Å². The summed E-state index contributed by atoms with van der Waals surface area (Å²) in [5.74, 6) is 0. The fourth-order valence-corrected chi connectivity index (χ4v) is 3.44. The second kappa shape index (κ2) is 7.99. The van der Waals surface area contributed by atoms with Gasteiger partial charge in [0.05, 0.1) is 24.4 Å². The lowest BCUT2D eigenvalue weighted by molar-refractivity contribution is -0.0417. The van der Waals surface area contributed by atoms with Gasteiger partial charge in [0.1, 0.15) is 0 Å². The van der Waals surface area contributed by atoms with Crippen molar-refractivity contribution in [1.82, 2.24) is 10.2 Å². The van der Waals surface area contributed by atoms with Gasteiger partial charge >= 0.3 is 6.03 Å². The maximum atomic E-state index is 12.2. The van der Waals surface area contributed by atoms with Gasteiger partial charge in [-0.05, 0) is 32.6 Å². The molecule has 122 valence electrons. The van der Waals surface area contributed by atoms with Crippen LogP contribution in [0.3, 0.4) is 0 Å². The molecule has 0 aromatic rings. The Labute approximate surface area is 128 Å². The maximum absolute atomic E-state index is 12.2. The summed E-state index contributed by atoms with van der Waals surface area (Å²) in [7, 11) is 1.72. The van der Waals surface area contributed by atoms with Crippen LogP contribution in [-0.2, 0) is 4.74 Å². The number of urea groups is 1. The average molecular weight is 298 g/mol. The molecule has 5 nitrogen and oxygen atoms in total. The van der Waals surface area contributed by atoms with Crippen molar-refractivity contribution >= 4 is 6.03 Å². The quantitative estimate of drug-likeness (QED) is 0.818. The van der Waals surface area contributed by atoms with Crippen molar-refractivity contribution in [2.24, 2.45) is 0 Å². The molecule has 5 heteroatoms. The predicted molar refractivity (Wildman–Crippen MR) is 82.2 cm³/mol. The van der Waals surface area contributed by atoms with Crippen LogP contribution in [-0.4, -0.2) is 54.0 Å². The number of carbonyl (C=O) groups excluding carboxylic acids is 1. The van der Waals surface area contributed by atoms with E-state index in [1.807, 2.05) is 0 Å². The summed E-state index contributed by atoms with van der Waals surface area (Å²) in [5.41, 5.74) is 0. The lowest BCUT2D eigenvalue weighted by Crippen LogP contribution is -2.51. The van der Waals surface area contributed by atoms with Gasteiger partial charge in [0.15, 0.2) is 0 Å². The van der Waals surface area contributed by atoms with E-state index in [9.17, 15) is 9.90 Å². The van der Waals surface area contributed by atoms with Gasteiger partial charge in [-0.1, -0.05) is 25.7 Å². The van der Waals surface area contributed by atoms with Crippen LogP contribution in [0.2, 0.25) is 0 Å². The van der Waals surface area contributed by atoms with Gasteiger partial charge in [-0.3, -0.25) is 0 Å². The molecule has 0 aromatic carbocycles. The number of hydrogen-bond donors (Lipinski definition) is 2. The summed E-state index contributed by atoms with van der Waals surface area (Å²) < 4.78 is 6.24. The van der Waals surface area contributed by atoms with E-state index in [0.717, 1.165) is 19.3 Å². The number of nitrogens with zero attached hydrogens (tertiary/aromatic N) is 1. The number of ether oxygens (including phenoxy) is 1. The number of aliphatic hydroxyl groups excluding tert-OH is 1. The fraction of sp³-hybridized carbons (Fsp3) is 0.938. The first kappa shape index (κ1) is 16.6. The number of hydrogen-bond acceptors (Lipinski definition) is 3. The van der Waals surface area contributed by atoms with E-state index in [4.69, 9.17) is 4.74 Å². The Morgan fingerprint density at radius 2 is 1.86 bits per heavy atom. The Morgan fingerprint density at radius 1 is 1.24 bits per heavy atom. The van der Waals surface area contributed by atoms with E-state index in [0.29, 0.717) is 12.6 Å². The summed E-state index contributed by atoms with van der Waals surface area (Å²) in [4.78, 5) is 13.7. The molecule has 2 fully saturated rings. The zero-order valence-electron chi connectivity index (χ0n) is 13.4. The van der Waals surface area contributed by atoms with Gasteiger partial charge < -0.3 is 20.1 Å². The molecule has 2 saturated carbocycles. The number of aliphatic hydroxyl groups is 1. The lowest BCUT2D eigenvalue weighted by atomic mass is 9.92. The fourth-order valence-electron chi connectivity index (χ4n) is 3.44. The van der Waals surface area contributed by atoms with Crippen LogP contribution in [0.1, 0.15) is 58.3 Å². The molecule has 0 radical (unpaired) electrons. The van der Waals surface area contributed by atoms with E-state index in [-0.39, 0.29) is 18.2 Å². The van der Waals surface area contributed by atoms with Crippen LogP contribution in [0.4, 0.5) is 4.79 Å². The van der Waals surface area contributed by atoms with Crippen molar-refractivity contribution in [2.45, 2.75) is 82.6 Å². The maximum Gasteiger partial charge on any atom is 0.317 e. The van der Waals surface area contributed by atoms with Crippen molar-refractivity contribution < 1.29 is 14.6 Å². The van der Waals surface area contributed by atoms with Crippen molar-refractivity contribution in [2.75, 3.05) is 13.6 Å². The first-order valence-corrected chi connectivity index (χ1v) is 8.41. The third kappa shape index (κ3) is 5.15. The van der Waals surface area contributed by atoms with E-state index in [2.05, 4.69) is 5.32 Å². The highest BCUT2D eigenvalue weighted by Crippen LogP contribution is 2.28. The third-order valence-electron chi connectivity index (χ3n) is 4.57. The van der Waals surface area contributed by atoms with Crippen molar-refractivity contribution in [3.8, 4) is 0 Å². The van der Waals surface area contributed by atoms with Gasteiger partial charge in [-0.15, -0.1) is 0 Å². The van der Waals surface area contributed by atoms with E-state index in [1.165, 1.54) is 32.1 Å². The Balaban J connectivity index is 1.84. The monoisotopic (exact) mass is 298 g/mol. The van der Waals surface area contributed by atoms with Gasteiger partial charge in [0, 0.05) is 13.6 Å². The molecular formula is C16H30N2O3. The Bertz CT molecular complexity index is 329. The molecule has 2 aliphatic carbocycles. The molecule has 3 atom stereocenters. The number of carbonyl (C=O) groups is 1. The SMILES string of the molecule is CC(O)CN(C)C(=O)NC1CCCCC1OC1CCCC1. The minimum absolute atomic E-state index is 0.108. The van der Waals surface area contributed by atoms with Crippen LogP contribution in [0.5, 0.6) is 0 Å². The normalized spacial score (nSPS) is 28.3. The second-order valence-corrected chi connectivity index (χ2v) is 6.65. The first-order valence-electron chi connectivity index (χ1n) is 8.41. The second-order valence-electron chi connectivity index (χ2n) is 6.65. The van der Waals surface area contributed by atoms with Crippen LogP contribution < -0.4 is 5.32 Å². The van der Waals surface area contributed by atoms with Crippen molar-refractivity contribution in [3.05, 3.63) is 0 Å². The third-order valence-corrected chi connectivity index (χ3v) is 4.57. The summed E-state index contributed by atoms with van der Waals surface area (Å²) in [6.45, 7) is 2.04. The molecule has 2 amide bonds. The molecule has 2 rings (SSSR count). The van der Waals surface area contributed by atoms with Crippen LogP contribution in [0.15, 0.2) is 0 Å². The highest BCUT2D eigenvalue weighted by Gasteiger charge is 2.31. The number of nitrogens with one attached hydrogen (secondary N) is 1. The molecule has 0 spiro atoms. The largest absolute Gasteiger partial charge is 0.392 e. The molecule has 2 N–H and O–H groups in total. The smallest absolute Gasteiger partial charge is 0.317 e. The molecule has 3 unspecified atom stereocenters. The topological polar surface area (TPSA) is 61.8 Å². The first-order chi connectivity index (χ1) is 10.1. The van der Waals surface area contributed by atoms with E-state index < -0.39 is 6.10 Å². The highest BCUT2D eigenvalue weighted by molar-refractivity contribution is 5.74. The minimum Gasteiger partial charge on any atom is -0.392 e. The predicted octanol–water partition coefficient (Wildman–Crippen LogP) is 2.28. The summed E-state index contributed by atoms with van der Waals surface area (Å²) in [6.07, 6.45) is 9.29. The van der Waals surface area contributed by atoms with Gasteiger partial charge in [0.2, 0.25) is 0 Å². The van der Waals surface area contributed by atoms with Gasteiger partial charge in [0.25, 0.3) is 0 Å². The van der Waals surface area contributed by atoms with Crippen LogP contribution in [0, 0.1) is 0 Å². The van der Waals surface area contributed by atoms with Crippen molar-refractivity contribution in [3.63, 3.8) is 0 Å². The van der Waals surface area contributed by atoms with E-state index in [1.54, 1.807) is 18.9 Å². The van der Waals surface area contributed by atoms with Gasteiger partial charge in [-0.25, -0.2) is 4.79 Å². The summed E-state index contributed by atoms with van der Waals surface area (Å²) >= 11 is 0. The molecule has 0 aromatic heterocycles. The standard InChI is InChI=1S/C16H30N2O3/c1-12(19)11-18(2)16(20)17-14-9-5-6-10-15(14)21-13-7-3-4-8-13/h12-15,19H,3-11H2,1-2H3,(H,17,20). The Kier molecular flexibility index (Phi) is 6.30. The molecule has 0 heterocycles.